The van der Waals surface area contributed by atoms with Crippen molar-refractivity contribution in [2.45, 2.75) is 60.3 Å². The van der Waals surface area contributed by atoms with Gasteiger partial charge in [-0.2, -0.15) is 0 Å². The van der Waals surface area contributed by atoms with Gasteiger partial charge in [-0.05, 0) is 5.92 Å². The molecule has 0 rings (SSSR count). The summed E-state index contributed by atoms with van der Waals surface area (Å²) in [5, 5.41) is 0. The Morgan fingerprint density at radius 1 is 1.00 bits per heavy atom. The minimum atomic E-state index is 0.904. The van der Waals surface area contributed by atoms with E-state index in [1.165, 1.54) is 25.7 Å². The first-order chi connectivity index (χ1) is 4.77. The van der Waals surface area contributed by atoms with E-state index in [-0.39, 0.29) is 0 Å². The molecule has 0 N–H and O–H groups in total. The minimum absolute atomic E-state index is 0.904. The monoisotopic (exact) mass is 144 g/mol. The van der Waals surface area contributed by atoms with Crippen molar-refractivity contribution in [3.63, 3.8) is 0 Å². The zero-order chi connectivity index (χ0) is 8.41. The summed E-state index contributed by atoms with van der Waals surface area (Å²) in [6.45, 7) is 10.8. The van der Waals surface area contributed by atoms with Gasteiger partial charge in [-0.1, -0.05) is 60.3 Å². The Hall–Kier alpha value is 0. The molecule has 0 fully saturated rings. The van der Waals surface area contributed by atoms with Crippen LogP contribution < -0.4 is 0 Å². The van der Waals surface area contributed by atoms with Gasteiger partial charge in [0.1, 0.15) is 0 Å². The Morgan fingerprint density at radius 3 is 1.80 bits per heavy atom. The van der Waals surface area contributed by atoms with Crippen molar-refractivity contribution < 1.29 is 0 Å². The number of hydrogen-bond acceptors (Lipinski definition) is 0. The third kappa shape index (κ3) is 15.7. The number of unbranched alkanes of at least 4 members (excludes halogenated alkanes) is 2. The van der Waals surface area contributed by atoms with Gasteiger partial charge in [0.15, 0.2) is 0 Å². The molecule has 10 heavy (non-hydrogen) atoms. The van der Waals surface area contributed by atoms with E-state index in [9.17, 15) is 0 Å². The maximum Gasteiger partial charge on any atom is -0.0471 e. The summed E-state index contributed by atoms with van der Waals surface area (Å²) in [5.41, 5.74) is 0. The average molecular weight is 144 g/mol. The van der Waals surface area contributed by atoms with E-state index in [0.29, 0.717) is 0 Å². The molecular formula is C10H24. The fourth-order valence-corrected chi connectivity index (χ4v) is 0.803. The van der Waals surface area contributed by atoms with Crippen molar-refractivity contribution in [3.8, 4) is 0 Å². The lowest BCUT2D eigenvalue weighted by Gasteiger charge is -2.00. The van der Waals surface area contributed by atoms with Gasteiger partial charge in [-0.3, -0.25) is 0 Å². The van der Waals surface area contributed by atoms with Gasteiger partial charge in [0.25, 0.3) is 0 Å². The van der Waals surface area contributed by atoms with Gasteiger partial charge in [0.2, 0.25) is 0 Å². The Balaban J connectivity index is 0. The quantitative estimate of drug-likeness (QED) is 0.517. The second kappa shape index (κ2) is 11.8. The molecule has 0 spiro atoms. The minimum Gasteiger partial charge on any atom is -0.0683 e. The molecule has 0 aliphatic carbocycles. The lowest BCUT2D eigenvalue weighted by molar-refractivity contribution is 0.534. The molecule has 64 valence electrons. The molecule has 0 atom stereocenters. The number of hydrogen-bond donors (Lipinski definition) is 0. The molecule has 0 aliphatic heterocycles. The predicted molar refractivity (Wildman–Crippen MR) is 50.3 cm³/mol. The molecule has 0 saturated heterocycles. The van der Waals surface area contributed by atoms with Crippen LogP contribution in [0.25, 0.3) is 0 Å². The zero-order valence-electron chi connectivity index (χ0n) is 8.41. The van der Waals surface area contributed by atoms with E-state index >= 15 is 0 Å². The normalized spacial score (nSPS) is 9.00. The lowest BCUT2D eigenvalue weighted by atomic mass is 10.1. The molecule has 0 aliphatic rings. The van der Waals surface area contributed by atoms with E-state index in [2.05, 4.69) is 20.8 Å². The highest BCUT2D eigenvalue weighted by molar-refractivity contribution is 4.44. The smallest absolute Gasteiger partial charge is 0.0471 e. The average Bonchev–Trinajstić information content (AvgIpc) is 1.92. The Kier molecular flexibility index (Phi) is 14.9. The highest BCUT2D eigenvalue weighted by Crippen LogP contribution is 2.06. The Labute approximate surface area is 67.0 Å². The molecular weight excluding hydrogens is 120 g/mol. The largest absolute Gasteiger partial charge is 0.0683 e. The Bertz CT molecular complexity index is 37.3. The fourth-order valence-electron chi connectivity index (χ4n) is 0.803. The summed E-state index contributed by atoms with van der Waals surface area (Å²) in [4.78, 5) is 0. The van der Waals surface area contributed by atoms with E-state index in [4.69, 9.17) is 0 Å². The first kappa shape index (κ1) is 12.7. The molecule has 0 heteroatoms. The van der Waals surface area contributed by atoms with Gasteiger partial charge in [-0.25, -0.2) is 0 Å². The first-order valence-electron chi connectivity index (χ1n) is 4.77. The molecule has 0 bridgehead atoms. The summed E-state index contributed by atoms with van der Waals surface area (Å²) in [6, 6.07) is 0. The molecule has 0 aromatic carbocycles. The maximum absolute atomic E-state index is 2.29. The zero-order valence-corrected chi connectivity index (χ0v) is 8.41. The highest BCUT2D eigenvalue weighted by atomic mass is 14.0. The topological polar surface area (TPSA) is 0 Å². The van der Waals surface area contributed by atoms with Crippen LogP contribution in [-0.4, -0.2) is 0 Å². The summed E-state index contributed by atoms with van der Waals surface area (Å²) in [7, 11) is 0. The molecule has 0 aromatic rings. The van der Waals surface area contributed by atoms with Gasteiger partial charge in [0, 0.05) is 0 Å². The second-order valence-electron chi connectivity index (χ2n) is 2.89. The lowest BCUT2D eigenvalue weighted by Crippen LogP contribution is -1.85. The maximum atomic E-state index is 2.29. The molecule has 0 unspecified atom stereocenters. The fraction of sp³-hybridized carbons (Fsp3) is 1.00. The molecule has 0 heterocycles. The summed E-state index contributed by atoms with van der Waals surface area (Å²) < 4.78 is 0. The SMILES string of the molecule is CC.CCCCCC(C)C. The van der Waals surface area contributed by atoms with E-state index < -0.39 is 0 Å². The summed E-state index contributed by atoms with van der Waals surface area (Å²) in [5.74, 6) is 0.904. The van der Waals surface area contributed by atoms with Crippen LogP contribution in [0, 0.1) is 5.92 Å². The van der Waals surface area contributed by atoms with Crippen molar-refractivity contribution in [2.24, 2.45) is 5.92 Å². The van der Waals surface area contributed by atoms with Gasteiger partial charge >= 0.3 is 0 Å². The molecule has 0 radical (unpaired) electrons. The number of rotatable bonds is 4. The van der Waals surface area contributed by atoms with E-state index in [1.807, 2.05) is 13.8 Å². The van der Waals surface area contributed by atoms with Crippen molar-refractivity contribution in [1.29, 1.82) is 0 Å². The third-order valence-electron chi connectivity index (χ3n) is 1.39. The summed E-state index contributed by atoms with van der Waals surface area (Å²) in [6.07, 6.45) is 5.60. The first-order valence-corrected chi connectivity index (χ1v) is 4.77. The van der Waals surface area contributed by atoms with Crippen LogP contribution in [0.1, 0.15) is 60.3 Å². The third-order valence-corrected chi connectivity index (χ3v) is 1.39. The van der Waals surface area contributed by atoms with Crippen LogP contribution in [0.15, 0.2) is 0 Å². The van der Waals surface area contributed by atoms with Crippen molar-refractivity contribution in [3.05, 3.63) is 0 Å². The van der Waals surface area contributed by atoms with Crippen LogP contribution in [0.3, 0.4) is 0 Å². The van der Waals surface area contributed by atoms with Crippen LogP contribution in [0.2, 0.25) is 0 Å². The molecule has 0 amide bonds. The highest BCUT2D eigenvalue weighted by Gasteiger charge is 1.90. The van der Waals surface area contributed by atoms with Gasteiger partial charge in [-0.15, -0.1) is 0 Å². The molecule has 0 saturated carbocycles. The second-order valence-corrected chi connectivity index (χ2v) is 2.89. The standard InChI is InChI=1S/C8H18.C2H6/c1-4-5-6-7-8(2)3;1-2/h8H,4-7H2,1-3H3;1-2H3. The van der Waals surface area contributed by atoms with Crippen LogP contribution in [0.5, 0.6) is 0 Å². The predicted octanol–water partition coefficient (Wildman–Crippen LogP) is 4.25. The van der Waals surface area contributed by atoms with Crippen LogP contribution in [-0.2, 0) is 0 Å². The van der Waals surface area contributed by atoms with Gasteiger partial charge < -0.3 is 0 Å². The van der Waals surface area contributed by atoms with Crippen LogP contribution in [0.4, 0.5) is 0 Å². The molecule has 0 aromatic heterocycles. The molecule has 0 nitrogen and oxygen atoms in total. The Morgan fingerprint density at radius 2 is 1.50 bits per heavy atom. The van der Waals surface area contributed by atoms with Crippen molar-refractivity contribution in [1.82, 2.24) is 0 Å². The van der Waals surface area contributed by atoms with E-state index in [0.717, 1.165) is 5.92 Å². The summed E-state index contributed by atoms with van der Waals surface area (Å²) >= 11 is 0. The van der Waals surface area contributed by atoms with Crippen molar-refractivity contribution >= 4 is 0 Å². The van der Waals surface area contributed by atoms with Crippen LogP contribution >= 0.6 is 0 Å². The van der Waals surface area contributed by atoms with Gasteiger partial charge in [0.05, 0.1) is 0 Å². The van der Waals surface area contributed by atoms with Crippen molar-refractivity contribution in [2.75, 3.05) is 0 Å². The van der Waals surface area contributed by atoms with E-state index in [1.54, 1.807) is 0 Å².